The van der Waals surface area contributed by atoms with Crippen molar-refractivity contribution in [2.75, 3.05) is 19.8 Å². The number of aliphatic hydroxyl groups excluding tert-OH is 8. The third-order valence-electron chi connectivity index (χ3n) is 11.3. The van der Waals surface area contributed by atoms with Gasteiger partial charge in [-0.3, -0.25) is 4.79 Å². The topological polar surface area (TPSA) is 228 Å². The molecule has 0 saturated carbocycles. The van der Waals surface area contributed by atoms with Gasteiger partial charge < -0.3 is 65.1 Å². The van der Waals surface area contributed by atoms with E-state index < -0.39 is 86.8 Å². The first-order valence-corrected chi connectivity index (χ1v) is 24.3. The third kappa shape index (κ3) is 24.7. The molecular weight excluding hydrogens is 835 g/mol. The van der Waals surface area contributed by atoms with E-state index in [4.69, 9.17) is 18.9 Å². The van der Waals surface area contributed by atoms with Crippen LogP contribution in [0, 0.1) is 0 Å². The monoisotopic (exact) mass is 920 g/mol. The normalized spacial score (nSPS) is 27.8. The SMILES string of the molecule is CC/C=C\C/C=C\C/C=C\C/C=C\CCCCCCCCC(=O)NC(COC1OC(CO)C(OC2OC(CO)C(O)C(O)C2O)C(O)C1O)C(O)/C=C/CC/C=C/CC/C=C/CCCC. The van der Waals surface area contributed by atoms with Crippen molar-refractivity contribution in [3.8, 4) is 0 Å². The van der Waals surface area contributed by atoms with Crippen molar-refractivity contribution < 1.29 is 64.6 Å². The molecule has 2 saturated heterocycles. The molecule has 9 N–H and O–H groups in total. The molecule has 2 aliphatic heterocycles. The maximum atomic E-state index is 13.1. The van der Waals surface area contributed by atoms with Crippen LogP contribution < -0.4 is 5.32 Å². The van der Waals surface area contributed by atoms with Crippen molar-refractivity contribution in [2.45, 2.75) is 209 Å². The van der Waals surface area contributed by atoms with Crippen LogP contribution in [0.1, 0.15) is 136 Å². The van der Waals surface area contributed by atoms with Crippen LogP contribution in [0.15, 0.2) is 85.1 Å². The summed E-state index contributed by atoms with van der Waals surface area (Å²) in [4.78, 5) is 13.1. The van der Waals surface area contributed by atoms with Crippen LogP contribution in [-0.2, 0) is 23.7 Å². The van der Waals surface area contributed by atoms with Gasteiger partial charge in [-0.25, -0.2) is 0 Å². The molecule has 0 radical (unpaired) electrons. The fourth-order valence-corrected chi connectivity index (χ4v) is 7.30. The number of hydrogen-bond acceptors (Lipinski definition) is 13. The number of allylic oxidation sites excluding steroid dienone is 13. The van der Waals surface area contributed by atoms with Gasteiger partial charge in [-0.15, -0.1) is 0 Å². The summed E-state index contributed by atoms with van der Waals surface area (Å²) >= 11 is 0. The zero-order valence-electron chi connectivity index (χ0n) is 39.2. The maximum Gasteiger partial charge on any atom is 0.220 e. The van der Waals surface area contributed by atoms with Crippen LogP contribution in [0.25, 0.3) is 0 Å². The van der Waals surface area contributed by atoms with Crippen molar-refractivity contribution in [2.24, 2.45) is 0 Å². The summed E-state index contributed by atoms with van der Waals surface area (Å²) in [5.41, 5.74) is 0. The lowest BCUT2D eigenvalue weighted by molar-refractivity contribution is -0.359. The highest BCUT2D eigenvalue weighted by Gasteiger charge is 2.51. The summed E-state index contributed by atoms with van der Waals surface area (Å²) in [7, 11) is 0. The van der Waals surface area contributed by atoms with E-state index in [9.17, 15) is 45.6 Å². The molecule has 12 atom stereocenters. The number of ether oxygens (including phenoxy) is 4. The molecule has 65 heavy (non-hydrogen) atoms. The highest BCUT2D eigenvalue weighted by atomic mass is 16.7. The second-order valence-corrected chi connectivity index (χ2v) is 16.8. The van der Waals surface area contributed by atoms with Crippen molar-refractivity contribution in [3.63, 3.8) is 0 Å². The summed E-state index contributed by atoms with van der Waals surface area (Å²) in [6.07, 6.45) is 30.5. The molecule has 2 rings (SSSR count). The molecule has 2 fully saturated rings. The highest BCUT2D eigenvalue weighted by Crippen LogP contribution is 2.30. The Kier molecular flexibility index (Phi) is 33.4. The minimum absolute atomic E-state index is 0.248. The molecule has 14 nitrogen and oxygen atoms in total. The fourth-order valence-electron chi connectivity index (χ4n) is 7.30. The van der Waals surface area contributed by atoms with Gasteiger partial charge in [0.1, 0.15) is 48.8 Å². The minimum atomic E-state index is -1.80. The molecule has 0 aromatic carbocycles. The van der Waals surface area contributed by atoms with E-state index in [1.165, 1.54) is 12.8 Å². The second kappa shape index (κ2) is 37.2. The lowest BCUT2D eigenvalue weighted by Gasteiger charge is -2.46. The van der Waals surface area contributed by atoms with E-state index in [0.717, 1.165) is 89.9 Å². The molecule has 14 heteroatoms. The second-order valence-electron chi connectivity index (χ2n) is 16.8. The van der Waals surface area contributed by atoms with Gasteiger partial charge in [0.25, 0.3) is 0 Å². The summed E-state index contributed by atoms with van der Waals surface area (Å²) < 4.78 is 22.6. The molecule has 2 heterocycles. The molecule has 0 aliphatic carbocycles. The lowest BCUT2D eigenvalue weighted by Crippen LogP contribution is -2.65. The summed E-state index contributed by atoms with van der Waals surface area (Å²) in [6.45, 7) is 2.55. The van der Waals surface area contributed by atoms with E-state index in [-0.39, 0.29) is 18.9 Å². The molecule has 0 bridgehead atoms. The zero-order chi connectivity index (χ0) is 47.5. The Bertz CT molecular complexity index is 1410. The largest absolute Gasteiger partial charge is 0.394 e. The predicted molar refractivity (Wildman–Crippen MR) is 253 cm³/mol. The molecule has 0 spiro atoms. The number of aliphatic hydroxyl groups is 8. The quantitative estimate of drug-likeness (QED) is 0.0270. The van der Waals surface area contributed by atoms with E-state index >= 15 is 0 Å². The van der Waals surface area contributed by atoms with Crippen molar-refractivity contribution in [1.82, 2.24) is 5.32 Å². The fraction of sp³-hybridized carbons (Fsp3) is 0.706. The first-order chi connectivity index (χ1) is 31.6. The number of carbonyl (C=O) groups excluding carboxylic acids is 1. The van der Waals surface area contributed by atoms with Gasteiger partial charge in [-0.1, -0.05) is 137 Å². The van der Waals surface area contributed by atoms with E-state index in [1.807, 2.05) is 6.08 Å². The molecule has 12 unspecified atom stereocenters. The number of hydrogen-bond donors (Lipinski definition) is 9. The van der Waals surface area contributed by atoms with Crippen molar-refractivity contribution >= 4 is 5.91 Å². The number of nitrogens with one attached hydrogen (secondary N) is 1. The van der Waals surface area contributed by atoms with Gasteiger partial charge in [0.15, 0.2) is 12.6 Å². The van der Waals surface area contributed by atoms with E-state index in [0.29, 0.717) is 12.8 Å². The van der Waals surface area contributed by atoms with Crippen LogP contribution in [0.4, 0.5) is 0 Å². The molecule has 0 aromatic rings. The average molecular weight is 920 g/mol. The van der Waals surface area contributed by atoms with Gasteiger partial charge >= 0.3 is 0 Å². The van der Waals surface area contributed by atoms with Crippen molar-refractivity contribution in [1.29, 1.82) is 0 Å². The smallest absolute Gasteiger partial charge is 0.220 e. The Morgan fingerprint density at radius 2 is 1.08 bits per heavy atom. The van der Waals surface area contributed by atoms with Gasteiger partial charge in [0, 0.05) is 6.42 Å². The number of amides is 1. The predicted octanol–water partition coefficient (Wildman–Crippen LogP) is 5.82. The van der Waals surface area contributed by atoms with E-state index in [2.05, 4.69) is 92.1 Å². The standard InChI is InChI=1S/C51H85NO13/c1-3-5-7-9-11-13-15-17-18-19-20-21-22-23-25-27-29-31-33-35-43(56)52-39(40(55)34-32-30-28-26-24-16-14-12-10-8-6-4-2)38-62-50-48(61)46(59)49(42(37-54)64-50)65-51-47(60)45(58)44(57)41(36-53)63-51/h5,7,10-13,17-18,20-21,24,26,32,34,39-42,44-51,53-55,57-61H,3-4,6,8-9,14-16,19,22-23,25,27-31,33,35-38H2,1-2H3,(H,52,56)/b7-5-,12-10+,13-11-,18-17-,21-20-,26-24+,34-32+. The Hall–Kier alpha value is -2.83. The van der Waals surface area contributed by atoms with E-state index in [1.54, 1.807) is 6.08 Å². The van der Waals surface area contributed by atoms with Gasteiger partial charge in [-0.2, -0.15) is 0 Å². The molecule has 1 amide bonds. The Morgan fingerprint density at radius 1 is 0.569 bits per heavy atom. The maximum absolute atomic E-state index is 13.1. The molecular formula is C51H85NO13. The summed E-state index contributed by atoms with van der Waals surface area (Å²) in [5, 5.41) is 86.5. The van der Waals surface area contributed by atoms with Crippen LogP contribution in [0.3, 0.4) is 0 Å². The summed E-state index contributed by atoms with van der Waals surface area (Å²) in [6, 6.07) is -0.948. The lowest BCUT2D eigenvalue weighted by atomic mass is 9.97. The zero-order valence-corrected chi connectivity index (χ0v) is 39.2. The van der Waals surface area contributed by atoms with Gasteiger partial charge in [0.2, 0.25) is 5.91 Å². The molecule has 372 valence electrons. The van der Waals surface area contributed by atoms with Crippen molar-refractivity contribution in [3.05, 3.63) is 85.1 Å². The molecule has 0 aromatic heterocycles. The Morgan fingerprint density at radius 3 is 1.69 bits per heavy atom. The highest BCUT2D eigenvalue weighted by molar-refractivity contribution is 5.76. The number of rotatable bonds is 35. The minimum Gasteiger partial charge on any atom is -0.394 e. The first-order valence-electron chi connectivity index (χ1n) is 24.3. The molecule has 2 aliphatic rings. The van der Waals surface area contributed by atoms with Crippen LogP contribution in [-0.4, -0.2) is 140 Å². The van der Waals surface area contributed by atoms with Crippen LogP contribution >= 0.6 is 0 Å². The van der Waals surface area contributed by atoms with Crippen LogP contribution in [0.5, 0.6) is 0 Å². The number of carbonyl (C=O) groups is 1. The van der Waals surface area contributed by atoms with Gasteiger partial charge in [0.05, 0.1) is 32.0 Å². The summed E-state index contributed by atoms with van der Waals surface area (Å²) in [5.74, 6) is -0.275. The third-order valence-corrected chi connectivity index (χ3v) is 11.3. The average Bonchev–Trinajstić information content (AvgIpc) is 3.30. The Labute approximate surface area is 389 Å². The first kappa shape index (κ1) is 58.3. The number of unbranched alkanes of at least 4 members (excludes halogenated alkanes) is 10. The van der Waals surface area contributed by atoms with Gasteiger partial charge in [-0.05, 0) is 77.0 Å². The van der Waals surface area contributed by atoms with Crippen LogP contribution in [0.2, 0.25) is 0 Å². The Balaban J connectivity index is 1.87.